The number of pyridine rings is 3. The maximum atomic E-state index is 14.6. The van der Waals surface area contributed by atoms with Crippen LogP contribution in [0, 0.1) is 11.6 Å². The van der Waals surface area contributed by atoms with Gasteiger partial charge in [0.25, 0.3) is 16.7 Å². The fourth-order valence-corrected chi connectivity index (χ4v) is 16.5. The Balaban J connectivity index is 0.000000212. The zero-order valence-corrected chi connectivity index (χ0v) is 86.4. The van der Waals surface area contributed by atoms with Gasteiger partial charge in [0, 0.05) is 77.1 Å². The highest BCUT2D eigenvalue weighted by molar-refractivity contribution is 6.42. The van der Waals surface area contributed by atoms with Crippen molar-refractivity contribution in [3.05, 3.63) is 316 Å². The number of alkyl halides is 6. The summed E-state index contributed by atoms with van der Waals surface area (Å²) in [5.74, 6) is -2.45. The van der Waals surface area contributed by atoms with Gasteiger partial charge in [-0.05, 0) is 284 Å². The number of ether oxygens (including phenoxy) is 4. The summed E-state index contributed by atoms with van der Waals surface area (Å²) in [6.45, 7) is 11.6. The van der Waals surface area contributed by atoms with E-state index in [0.717, 1.165) is 12.1 Å². The summed E-state index contributed by atoms with van der Waals surface area (Å²) in [6.07, 6.45) is -4.86. The molecule has 790 valence electrons. The van der Waals surface area contributed by atoms with Crippen molar-refractivity contribution in [3.8, 4) is 34.3 Å². The van der Waals surface area contributed by atoms with Crippen molar-refractivity contribution < 1.29 is 82.8 Å². The number of nitrogens with one attached hydrogen (secondary N) is 3. The summed E-state index contributed by atoms with van der Waals surface area (Å²) in [4.78, 5) is 163. The molecule has 0 radical (unpaired) electrons. The maximum Gasteiger partial charge on any atom is 0.419 e. The second kappa shape index (κ2) is 52.7. The van der Waals surface area contributed by atoms with Crippen molar-refractivity contribution in [2.75, 3.05) is 136 Å². The molecule has 3 N–H and O–H groups in total. The highest BCUT2D eigenvalue weighted by Crippen LogP contribution is 2.38. The highest BCUT2D eigenvalue weighted by atomic mass is 35.5. The number of nitrogens with zero attached hydrogens (tertiary/aromatic N) is 16. The molecule has 0 aliphatic rings. The fourth-order valence-electron chi connectivity index (χ4n) is 16.2. The Morgan fingerprint density at radius 1 is 0.423 bits per heavy atom. The molecule has 6 amide bonds. The first-order chi connectivity index (χ1) is 70.8. The van der Waals surface area contributed by atoms with E-state index in [1.807, 2.05) is 51.8 Å². The summed E-state index contributed by atoms with van der Waals surface area (Å²) >= 11 is 12.4. The summed E-state index contributed by atoms with van der Waals surface area (Å²) in [5.41, 5.74) is -1.43. The lowest BCUT2D eigenvalue weighted by Gasteiger charge is -2.34. The van der Waals surface area contributed by atoms with Crippen LogP contribution in [0.3, 0.4) is 0 Å². The van der Waals surface area contributed by atoms with E-state index in [1.165, 1.54) is 36.8 Å². The summed E-state index contributed by atoms with van der Waals surface area (Å²) in [7, 11) is 16.1. The van der Waals surface area contributed by atoms with Gasteiger partial charge >= 0.3 is 18.4 Å². The number of carbonyl (C=O) groups is 6. The molecule has 6 heterocycles. The monoisotopic (exact) mass is 2100 g/mol. The Labute approximate surface area is 865 Å². The van der Waals surface area contributed by atoms with Gasteiger partial charge in [0.1, 0.15) is 52.0 Å². The molecule has 32 nitrogen and oxygen atoms in total. The molecule has 42 heteroatoms. The standard InChI is InChI=1S/C37H37F4N7O4.C36H41F4N5O5.C34H41Cl2N7O4/c1-4-52-27-12-10-26(11-13-27)48-35(45-34-28(36(48)51)8-6-17-44-34)31(15-18-43-32(49)23-46(2)3)47(22-25-7-5-16-42-21-25)33(50)20-24-9-14-29(30(38)19-24)37(39,40)41;1-35(2,3)50-34(48)41-18-17-30(44(20-19-43(4)5)31(46)22-23-11-16-27(28(37)21-23)36(38,39)40)32-42-29-10-8-7-9-26(29)33(47)45(32)24-12-14-25(49-6)15-13-24;1-6-47-25-12-10-24(11-13-25)43-33(39-32-26(34(43)46)8-7-16-38-32)29(15-17-37-30(44)22-41(4)5)42(19-18-40(2)3)31(45)21-23-9-14-27(35)28(36)20-23/h5-14,16-17,19,21,31H,4,15,18,20,22-23H2,1-3H3,(H,43,49);7-16,21,30H,17-20,22H2,1-6H3,(H,41,48);7-14,16,20,29H,6,15,17-19,21-22H2,1-5H3,(H,37,44)/t31-;;/m1../s1. The second-order valence-electron chi connectivity index (χ2n) is 36.7. The molecule has 0 saturated heterocycles. The molecule has 0 saturated carbocycles. The summed E-state index contributed by atoms with van der Waals surface area (Å²) < 4.78 is 135. The van der Waals surface area contributed by atoms with Crippen molar-refractivity contribution in [3.63, 3.8) is 0 Å². The van der Waals surface area contributed by atoms with E-state index < -0.39 is 101 Å². The molecule has 0 aliphatic carbocycles. The number of amides is 6. The number of fused-ring (bicyclic) bond motifs is 3. The Morgan fingerprint density at radius 2 is 0.812 bits per heavy atom. The van der Waals surface area contributed by atoms with Crippen LogP contribution in [0.2, 0.25) is 10.0 Å². The van der Waals surface area contributed by atoms with Crippen molar-refractivity contribution in [2.24, 2.45) is 0 Å². The minimum atomic E-state index is -4.92. The Morgan fingerprint density at radius 3 is 1.21 bits per heavy atom. The number of halogens is 10. The van der Waals surface area contributed by atoms with E-state index in [1.54, 1.807) is 234 Å². The van der Waals surface area contributed by atoms with Gasteiger partial charge in [0.15, 0.2) is 11.3 Å². The van der Waals surface area contributed by atoms with Gasteiger partial charge in [-0.15, -0.1) is 0 Å². The second-order valence-corrected chi connectivity index (χ2v) is 37.5. The van der Waals surface area contributed by atoms with Crippen LogP contribution in [-0.2, 0) is 66.9 Å². The van der Waals surface area contributed by atoms with Gasteiger partial charge in [-0.1, -0.05) is 59.6 Å². The van der Waals surface area contributed by atoms with Crippen LogP contribution in [0.4, 0.5) is 39.9 Å². The van der Waals surface area contributed by atoms with E-state index >= 15 is 0 Å². The zero-order chi connectivity index (χ0) is 108. The van der Waals surface area contributed by atoms with E-state index in [2.05, 4.69) is 30.9 Å². The van der Waals surface area contributed by atoms with Crippen LogP contribution in [0.1, 0.15) is 123 Å². The minimum absolute atomic E-state index is 0.00163. The Bertz CT molecular complexity index is 7000. The normalized spacial score (nSPS) is 12.2. The molecule has 149 heavy (non-hydrogen) atoms. The number of hydrogen-bond donors (Lipinski definition) is 3. The molecular formula is C107H119Cl2F8N19O13. The number of benzene rings is 7. The van der Waals surface area contributed by atoms with Crippen LogP contribution in [-0.4, -0.2) is 255 Å². The van der Waals surface area contributed by atoms with Crippen molar-refractivity contribution in [1.82, 2.24) is 93.9 Å². The molecule has 0 spiro atoms. The van der Waals surface area contributed by atoms with Crippen LogP contribution in [0.15, 0.2) is 227 Å². The molecule has 0 aliphatic heterocycles. The number of para-hydroxylation sites is 1. The number of alkyl carbamates (subject to hydrolysis) is 1. The molecule has 13 rings (SSSR count). The first kappa shape index (κ1) is 115. The molecule has 7 aromatic carbocycles. The quantitative estimate of drug-likeness (QED) is 0.0300. The third-order valence-electron chi connectivity index (χ3n) is 23.1. The number of carbonyl (C=O) groups excluding carboxylic acids is 6. The van der Waals surface area contributed by atoms with Crippen molar-refractivity contribution in [1.29, 1.82) is 0 Å². The van der Waals surface area contributed by atoms with E-state index in [0.29, 0.717) is 135 Å². The van der Waals surface area contributed by atoms with Gasteiger partial charge in [-0.2, -0.15) is 26.3 Å². The highest BCUT2D eigenvalue weighted by Gasteiger charge is 2.39. The number of rotatable bonds is 41. The average molecular weight is 2100 g/mol. The van der Waals surface area contributed by atoms with Crippen LogP contribution >= 0.6 is 23.2 Å². The first-order valence-corrected chi connectivity index (χ1v) is 48.5. The zero-order valence-electron chi connectivity index (χ0n) is 84.9. The third-order valence-corrected chi connectivity index (χ3v) is 23.9. The first-order valence-electron chi connectivity index (χ1n) is 47.7. The molecule has 6 aromatic heterocycles. The smallest absolute Gasteiger partial charge is 0.419 e. The van der Waals surface area contributed by atoms with Gasteiger partial charge in [0.2, 0.25) is 29.5 Å². The number of aromatic nitrogens is 9. The SMILES string of the molecule is CCOc1ccc(-n2c(C(CCNC(=O)CN(C)C)N(CCN(C)C)C(=O)Cc3ccc(Cl)c(Cl)c3)nc3ncccc3c2=O)cc1.CCOc1ccc(-n2c([C@@H](CCNC(=O)CN(C)C)N(Cc3cccnc3)C(=O)Cc3ccc(C(F)(F)F)c(F)c3)nc3ncccc3c2=O)cc1.COc1ccc(-n2c(C(CCNC(=O)OC(C)(C)C)N(CCN(C)C)C(=O)Cc3ccc(C(F)(F)F)c(F)c3)nc3ccccc3c2=O)cc1. The van der Waals surface area contributed by atoms with E-state index in [4.69, 9.17) is 57.1 Å². The number of likely N-dealkylation sites (N-methyl/N-ethyl adjacent to an activating group) is 4. The molecule has 0 fully saturated rings. The predicted octanol–water partition coefficient (Wildman–Crippen LogP) is 15.5. The third kappa shape index (κ3) is 31.9. The summed E-state index contributed by atoms with van der Waals surface area (Å²) in [5, 5.41) is 10.1. The average Bonchev–Trinajstić information content (AvgIpc) is 0.763. The van der Waals surface area contributed by atoms with E-state index in [9.17, 15) is 78.3 Å². The fraction of sp³-hybridized carbons (Fsp3) is 0.355. The number of hydrogen-bond acceptors (Lipinski definition) is 23. The van der Waals surface area contributed by atoms with Crippen LogP contribution in [0.5, 0.6) is 17.2 Å². The minimum Gasteiger partial charge on any atom is -0.497 e. The molecular weight excluding hydrogens is 1980 g/mol. The predicted molar refractivity (Wildman–Crippen MR) is 552 cm³/mol. The van der Waals surface area contributed by atoms with Gasteiger partial charge < -0.3 is 69.2 Å². The largest absolute Gasteiger partial charge is 0.497 e. The molecule has 13 aromatic rings. The maximum absolute atomic E-state index is 14.6. The van der Waals surface area contributed by atoms with E-state index in [-0.39, 0.29) is 134 Å². The Hall–Kier alpha value is -14.7. The lowest BCUT2D eigenvalue weighted by Crippen LogP contribution is -2.44. The van der Waals surface area contributed by atoms with Gasteiger partial charge in [0.05, 0.1) is 131 Å². The van der Waals surface area contributed by atoms with Crippen LogP contribution < -0.4 is 46.8 Å². The lowest BCUT2D eigenvalue weighted by molar-refractivity contribution is -0.140. The molecule has 3 atom stereocenters. The topological polar surface area (TPSA) is 341 Å². The van der Waals surface area contributed by atoms with Crippen molar-refractivity contribution >= 4 is 91.8 Å². The molecule has 0 bridgehead atoms. The molecule has 2 unspecified atom stereocenters. The summed E-state index contributed by atoms with van der Waals surface area (Å²) in [6, 6.07) is 44.4. The van der Waals surface area contributed by atoms with Crippen LogP contribution in [0.25, 0.3) is 50.0 Å². The van der Waals surface area contributed by atoms with Gasteiger partial charge in [-0.3, -0.25) is 57.0 Å². The lowest BCUT2D eigenvalue weighted by atomic mass is 10.0. The van der Waals surface area contributed by atoms with Crippen molar-refractivity contribution in [2.45, 2.75) is 116 Å². The van der Waals surface area contributed by atoms with Gasteiger partial charge in [-0.25, -0.2) is 38.5 Å². The number of methoxy groups -OCH3 is 1. The Kier molecular flexibility index (Phi) is 40.6.